The van der Waals surface area contributed by atoms with Crippen molar-refractivity contribution in [2.24, 2.45) is 0 Å². The zero-order chi connectivity index (χ0) is 13.6. The third kappa shape index (κ3) is 2.08. The van der Waals surface area contributed by atoms with Crippen LogP contribution >= 0.6 is 0 Å². The Labute approximate surface area is 95.2 Å². The number of sulfonamides is 1. The standard InChI is InChI=1S/C7H16FNO5S2/c1-6(2,16(12,13)14)7(3,8)15(10,11)9(4)5/h1-5H3,(H,12,13,14). The molecule has 0 bridgehead atoms. The van der Waals surface area contributed by atoms with Gasteiger partial charge in [0.05, 0.1) is 0 Å². The van der Waals surface area contributed by atoms with Gasteiger partial charge in [0.2, 0.25) is 15.0 Å². The molecule has 0 rings (SSSR count). The Kier molecular flexibility index (Phi) is 3.84. The van der Waals surface area contributed by atoms with Crippen molar-refractivity contribution in [1.29, 1.82) is 0 Å². The maximum absolute atomic E-state index is 14.2. The Morgan fingerprint density at radius 2 is 1.38 bits per heavy atom. The molecule has 0 aliphatic carbocycles. The maximum Gasteiger partial charge on any atom is 0.274 e. The largest absolute Gasteiger partial charge is 0.285 e. The highest BCUT2D eigenvalue weighted by Gasteiger charge is 2.60. The Balaban J connectivity index is 5.94. The fraction of sp³-hybridized carbons (Fsp3) is 1.00. The molecule has 0 aliphatic heterocycles. The zero-order valence-electron chi connectivity index (χ0n) is 9.72. The average Bonchev–Trinajstić information content (AvgIpc) is 2.00. The maximum atomic E-state index is 14.2. The van der Waals surface area contributed by atoms with Crippen LogP contribution in [0.4, 0.5) is 4.39 Å². The van der Waals surface area contributed by atoms with Crippen LogP contribution in [0.5, 0.6) is 0 Å². The molecule has 1 N–H and O–H groups in total. The van der Waals surface area contributed by atoms with E-state index in [1.54, 1.807) is 0 Å². The van der Waals surface area contributed by atoms with Crippen molar-refractivity contribution >= 4 is 20.1 Å². The molecule has 0 aromatic heterocycles. The summed E-state index contributed by atoms with van der Waals surface area (Å²) in [5.74, 6) is 0. The van der Waals surface area contributed by atoms with Crippen LogP contribution in [0.2, 0.25) is 0 Å². The molecule has 0 saturated carbocycles. The number of nitrogens with zero attached hydrogens (tertiary/aromatic N) is 1. The normalized spacial score (nSPS) is 18.5. The number of hydrogen-bond acceptors (Lipinski definition) is 4. The molecule has 1 atom stereocenters. The third-order valence-corrected chi connectivity index (χ3v) is 6.93. The Morgan fingerprint density at radius 3 is 1.56 bits per heavy atom. The summed E-state index contributed by atoms with van der Waals surface area (Å²) < 4.78 is 66.4. The molecule has 16 heavy (non-hydrogen) atoms. The van der Waals surface area contributed by atoms with Gasteiger partial charge in [-0.05, 0) is 20.8 Å². The van der Waals surface area contributed by atoms with Crippen molar-refractivity contribution in [2.45, 2.75) is 30.5 Å². The van der Waals surface area contributed by atoms with Gasteiger partial charge >= 0.3 is 0 Å². The lowest BCUT2D eigenvalue weighted by Gasteiger charge is -2.35. The van der Waals surface area contributed by atoms with Crippen LogP contribution in [0.15, 0.2) is 0 Å². The Morgan fingerprint density at radius 1 is 1.06 bits per heavy atom. The van der Waals surface area contributed by atoms with Crippen molar-refractivity contribution in [3.05, 3.63) is 0 Å². The molecule has 0 saturated heterocycles. The predicted molar refractivity (Wildman–Crippen MR) is 57.7 cm³/mol. The van der Waals surface area contributed by atoms with Crippen LogP contribution in [0.3, 0.4) is 0 Å². The van der Waals surface area contributed by atoms with Gasteiger partial charge < -0.3 is 0 Å². The SMILES string of the molecule is CN(C)S(=O)(=O)C(C)(F)C(C)(C)S(=O)(=O)O. The molecule has 6 nitrogen and oxygen atoms in total. The molecular weight excluding hydrogens is 261 g/mol. The summed E-state index contributed by atoms with van der Waals surface area (Å²) in [4.78, 5) is 0. The van der Waals surface area contributed by atoms with Gasteiger partial charge in [0.15, 0.2) is 0 Å². The van der Waals surface area contributed by atoms with Crippen LogP contribution in [-0.4, -0.2) is 49.5 Å². The second-order valence-electron chi connectivity index (χ2n) is 4.19. The highest BCUT2D eigenvalue weighted by atomic mass is 32.2. The molecular formula is C7H16FNO5S2. The topological polar surface area (TPSA) is 91.8 Å². The van der Waals surface area contributed by atoms with E-state index in [0.717, 1.165) is 27.9 Å². The van der Waals surface area contributed by atoms with E-state index in [9.17, 15) is 21.2 Å². The van der Waals surface area contributed by atoms with E-state index in [4.69, 9.17) is 4.55 Å². The van der Waals surface area contributed by atoms with Crippen LogP contribution in [-0.2, 0) is 20.1 Å². The van der Waals surface area contributed by atoms with Gasteiger partial charge in [-0.3, -0.25) is 4.55 Å². The van der Waals surface area contributed by atoms with Crippen molar-refractivity contribution < 1.29 is 25.8 Å². The minimum Gasteiger partial charge on any atom is -0.285 e. The van der Waals surface area contributed by atoms with Crippen molar-refractivity contribution in [1.82, 2.24) is 4.31 Å². The Bertz CT molecular complexity index is 463. The minimum atomic E-state index is -4.86. The number of rotatable bonds is 4. The summed E-state index contributed by atoms with van der Waals surface area (Å²) in [5, 5.41) is -3.14. The lowest BCUT2D eigenvalue weighted by molar-refractivity contribution is 0.214. The summed E-state index contributed by atoms with van der Waals surface area (Å²) in [6.07, 6.45) is 0. The van der Waals surface area contributed by atoms with Crippen molar-refractivity contribution in [3.63, 3.8) is 0 Å². The van der Waals surface area contributed by atoms with Gasteiger partial charge in [0.1, 0.15) is 4.75 Å². The summed E-state index contributed by atoms with van der Waals surface area (Å²) in [6, 6.07) is 0. The first kappa shape index (κ1) is 15.8. The summed E-state index contributed by atoms with van der Waals surface area (Å²) in [5.41, 5.74) is 0. The highest BCUT2D eigenvalue weighted by Crippen LogP contribution is 2.38. The van der Waals surface area contributed by atoms with Crippen LogP contribution < -0.4 is 0 Å². The van der Waals surface area contributed by atoms with Gasteiger partial charge in [-0.15, -0.1) is 0 Å². The molecule has 1 unspecified atom stereocenters. The van der Waals surface area contributed by atoms with Crippen LogP contribution in [0, 0.1) is 0 Å². The van der Waals surface area contributed by atoms with Gasteiger partial charge in [0, 0.05) is 14.1 Å². The average molecular weight is 277 g/mol. The molecule has 0 aromatic carbocycles. The second-order valence-corrected chi connectivity index (χ2v) is 8.61. The number of halogens is 1. The number of hydrogen-bond donors (Lipinski definition) is 1. The van der Waals surface area contributed by atoms with Gasteiger partial charge in [-0.2, -0.15) is 8.42 Å². The quantitative estimate of drug-likeness (QED) is 0.743. The van der Waals surface area contributed by atoms with Gasteiger partial charge in [0.25, 0.3) is 10.1 Å². The van der Waals surface area contributed by atoms with E-state index in [2.05, 4.69) is 0 Å². The van der Waals surface area contributed by atoms with Gasteiger partial charge in [-0.1, -0.05) is 0 Å². The second kappa shape index (κ2) is 3.90. The lowest BCUT2D eigenvalue weighted by atomic mass is 10.1. The Hall–Kier alpha value is -0.250. The smallest absolute Gasteiger partial charge is 0.274 e. The summed E-state index contributed by atoms with van der Waals surface area (Å²) in [7, 11) is -7.19. The molecule has 0 spiro atoms. The zero-order valence-corrected chi connectivity index (χ0v) is 11.4. The van der Waals surface area contributed by atoms with Crippen molar-refractivity contribution in [3.8, 4) is 0 Å². The predicted octanol–water partition coefficient (Wildman–Crippen LogP) is 0.230. The third-order valence-electron chi connectivity index (χ3n) is 2.69. The van der Waals surface area contributed by atoms with E-state index >= 15 is 0 Å². The van der Waals surface area contributed by atoms with E-state index in [1.807, 2.05) is 0 Å². The lowest BCUT2D eigenvalue weighted by Crippen LogP contribution is -2.57. The molecule has 0 aromatic rings. The molecule has 0 radical (unpaired) electrons. The number of alkyl halides is 1. The first-order valence-electron chi connectivity index (χ1n) is 4.27. The molecule has 98 valence electrons. The summed E-state index contributed by atoms with van der Waals surface area (Å²) >= 11 is 0. The van der Waals surface area contributed by atoms with Gasteiger partial charge in [-0.25, -0.2) is 17.1 Å². The fourth-order valence-electron chi connectivity index (χ4n) is 0.884. The monoisotopic (exact) mass is 277 g/mol. The van der Waals surface area contributed by atoms with Crippen LogP contribution in [0.25, 0.3) is 0 Å². The van der Waals surface area contributed by atoms with E-state index < -0.39 is 29.9 Å². The first-order valence-corrected chi connectivity index (χ1v) is 7.15. The molecule has 9 heteroatoms. The molecule has 0 heterocycles. The highest BCUT2D eigenvalue weighted by molar-refractivity contribution is 7.93. The minimum absolute atomic E-state index is 0.569. The summed E-state index contributed by atoms with van der Waals surface area (Å²) in [6.45, 7) is 2.23. The van der Waals surface area contributed by atoms with Crippen molar-refractivity contribution in [2.75, 3.05) is 14.1 Å². The fourth-order valence-corrected chi connectivity index (χ4v) is 3.28. The first-order chi connectivity index (χ1) is 6.69. The molecule has 0 aliphatic rings. The van der Waals surface area contributed by atoms with E-state index in [-0.39, 0.29) is 0 Å². The van der Waals surface area contributed by atoms with E-state index in [1.165, 1.54) is 0 Å². The van der Waals surface area contributed by atoms with Crippen LogP contribution in [0.1, 0.15) is 20.8 Å². The van der Waals surface area contributed by atoms with E-state index in [0.29, 0.717) is 11.2 Å². The molecule has 0 amide bonds. The molecule has 0 fully saturated rings.